The minimum Gasteiger partial charge on any atom is -0.371 e. The maximum Gasteiger partial charge on any atom is 0.261 e. The van der Waals surface area contributed by atoms with E-state index in [9.17, 15) is 8.78 Å². The van der Waals surface area contributed by atoms with Gasteiger partial charge in [-0.25, -0.2) is 8.78 Å². The van der Waals surface area contributed by atoms with Gasteiger partial charge in [0.15, 0.2) is 0 Å². The van der Waals surface area contributed by atoms with Crippen molar-refractivity contribution in [1.82, 2.24) is 5.32 Å². The van der Waals surface area contributed by atoms with Crippen LogP contribution in [0.15, 0.2) is 12.2 Å². The minimum absolute atomic E-state index is 0.209. The summed E-state index contributed by atoms with van der Waals surface area (Å²) in [5.41, 5.74) is 0.800. The lowest BCUT2D eigenvalue weighted by molar-refractivity contribution is 0.0260. The molecule has 4 heteroatoms. The molecule has 0 rings (SSSR count). The van der Waals surface area contributed by atoms with E-state index in [2.05, 4.69) is 18.8 Å². The van der Waals surface area contributed by atoms with Crippen molar-refractivity contribution in [2.75, 3.05) is 26.3 Å². The Labute approximate surface area is 78.0 Å². The lowest BCUT2D eigenvalue weighted by atomic mass is 10.3. The van der Waals surface area contributed by atoms with Crippen molar-refractivity contribution >= 4 is 0 Å². The van der Waals surface area contributed by atoms with Crippen molar-refractivity contribution in [1.29, 1.82) is 0 Å². The molecular weight excluding hydrogens is 176 g/mol. The summed E-state index contributed by atoms with van der Waals surface area (Å²) < 4.78 is 27.9. The molecule has 0 amide bonds. The van der Waals surface area contributed by atoms with Crippen molar-refractivity contribution < 1.29 is 13.5 Å². The van der Waals surface area contributed by atoms with E-state index in [0.29, 0.717) is 6.54 Å². The Morgan fingerprint density at radius 3 is 2.77 bits per heavy atom. The van der Waals surface area contributed by atoms with Crippen LogP contribution >= 0.6 is 0 Å². The number of alkyl halides is 2. The smallest absolute Gasteiger partial charge is 0.261 e. The lowest BCUT2D eigenvalue weighted by Crippen LogP contribution is -2.20. The molecule has 0 aliphatic carbocycles. The van der Waals surface area contributed by atoms with Crippen molar-refractivity contribution in [3.05, 3.63) is 12.2 Å². The van der Waals surface area contributed by atoms with E-state index in [1.54, 1.807) is 0 Å². The Kier molecular flexibility index (Phi) is 7.83. The maximum atomic E-state index is 11.6. The Morgan fingerprint density at radius 2 is 2.23 bits per heavy atom. The Balaban J connectivity index is 3.20. The third-order valence-electron chi connectivity index (χ3n) is 1.35. The summed E-state index contributed by atoms with van der Waals surface area (Å²) in [7, 11) is 0. The van der Waals surface area contributed by atoms with Gasteiger partial charge in [0.2, 0.25) is 0 Å². The fourth-order valence-corrected chi connectivity index (χ4v) is 0.785. The molecule has 0 heterocycles. The Hall–Kier alpha value is -0.480. The van der Waals surface area contributed by atoms with Gasteiger partial charge in [-0.3, -0.25) is 0 Å². The van der Waals surface area contributed by atoms with E-state index in [1.807, 2.05) is 0 Å². The molecule has 0 saturated heterocycles. The van der Waals surface area contributed by atoms with Gasteiger partial charge in [0.05, 0.1) is 6.61 Å². The van der Waals surface area contributed by atoms with Crippen LogP contribution in [0.25, 0.3) is 0 Å². The van der Waals surface area contributed by atoms with Crippen LogP contribution in [-0.2, 0) is 4.74 Å². The zero-order chi connectivity index (χ0) is 10.1. The maximum absolute atomic E-state index is 11.6. The summed E-state index contributed by atoms with van der Waals surface area (Å²) in [5, 5.41) is 3.11. The van der Waals surface area contributed by atoms with Crippen LogP contribution in [0.5, 0.6) is 0 Å². The zero-order valence-corrected chi connectivity index (χ0v) is 7.98. The molecule has 13 heavy (non-hydrogen) atoms. The van der Waals surface area contributed by atoms with Gasteiger partial charge in [0, 0.05) is 6.54 Å². The van der Waals surface area contributed by atoms with Crippen LogP contribution in [0.4, 0.5) is 8.78 Å². The molecule has 0 aliphatic heterocycles. The van der Waals surface area contributed by atoms with Gasteiger partial charge >= 0.3 is 0 Å². The molecule has 0 unspecified atom stereocenters. The van der Waals surface area contributed by atoms with Crippen LogP contribution in [0.2, 0.25) is 0 Å². The van der Waals surface area contributed by atoms with E-state index in [0.717, 1.165) is 18.5 Å². The molecule has 0 spiro atoms. The highest BCUT2D eigenvalue weighted by Gasteiger charge is 2.02. The number of rotatable bonds is 8. The highest BCUT2D eigenvalue weighted by Crippen LogP contribution is 1.95. The Morgan fingerprint density at radius 1 is 1.54 bits per heavy atom. The predicted molar refractivity (Wildman–Crippen MR) is 49.1 cm³/mol. The third-order valence-corrected chi connectivity index (χ3v) is 1.35. The third kappa shape index (κ3) is 9.43. The van der Waals surface area contributed by atoms with Crippen molar-refractivity contribution in [3.63, 3.8) is 0 Å². The molecule has 0 aliphatic rings. The first-order valence-electron chi connectivity index (χ1n) is 4.40. The van der Waals surface area contributed by atoms with Crippen molar-refractivity contribution in [3.8, 4) is 0 Å². The summed E-state index contributed by atoms with van der Waals surface area (Å²) in [5.74, 6) is 0. The first-order valence-corrected chi connectivity index (χ1v) is 4.40. The van der Waals surface area contributed by atoms with Crippen LogP contribution in [-0.4, -0.2) is 32.7 Å². The van der Waals surface area contributed by atoms with E-state index in [-0.39, 0.29) is 6.61 Å². The average molecular weight is 193 g/mol. The summed E-state index contributed by atoms with van der Waals surface area (Å²) in [6.45, 7) is 7.00. The van der Waals surface area contributed by atoms with Gasteiger partial charge in [-0.2, -0.15) is 0 Å². The largest absolute Gasteiger partial charge is 0.371 e. The molecule has 0 saturated carbocycles. The zero-order valence-electron chi connectivity index (χ0n) is 7.98. The first-order chi connectivity index (χ1) is 6.16. The van der Waals surface area contributed by atoms with E-state index in [4.69, 9.17) is 4.74 Å². The Bertz CT molecular complexity index is 140. The molecule has 1 N–H and O–H groups in total. The topological polar surface area (TPSA) is 21.3 Å². The fraction of sp³-hybridized carbons (Fsp3) is 0.778. The quantitative estimate of drug-likeness (QED) is 0.469. The molecule has 78 valence electrons. The highest BCUT2D eigenvalue weighted by molar-refractivity contribution is 4.96. The van der Waals surface area contributed by atoms with Gasteiger partial charge in [-0.05, 0) is 18.5 Å². The molecule has 0 radical (unpaired) electrons. The molecule has 0 aromatic carbocycles. The van der Waals surface area contributed by atoms with E-state index < -0.39 is 13.0 Å². The molecular formula is C9H17F2NO. The standard InChI is InChI=1S/C9H17F2NO/c1-3-4-12-5-8(2)6-13-7-9(10)11/h9,12H,2-7H2,1H3. The number of halogens is 2. The number of ether oxygens (including phenoxy) is 1. The monoisotopic (exact) mass is 193 g/mol. The second-order valence-electron chi connectivity index (χ2n) is 2.83. The number of nitrogens with one attached hydrogen (secondary N) is 1. The fourth-order valence-electron chi connectivity index (χ4n) is 0.785. The summed E-state index contributed by atoms with van der Waals surface area (Å²) in [4.78, 5) is 0. The highest BCUT2D eigenvalue weighted by atomic mass is 19.3. The average Bonchev–Trinajstić information content (AvgIpc) is 2.04. The number of hydrogen-bond donors (Lipinski definition) is 1. The van der Waals surface area contributed by atoms with E-state index >= 15 is 0 Å². The van der Waals surface area contributed by atoms with Crippen LogP contribution < -0.4 is 5.32 Å². The van der Waals surface area contributed by atoms with Gasteiger partial charge < -0.3 is 10.1 Å². The first kappa shape index (κ1) is 12.5. The molecule has 0 atom stereocenters. The van der Waals surface area contributed by atoms with Gasteiger partial charge in [0.25, 0.3) is 6.43 Å². The second kappa shape index (κ2) is 8.13. The molecule has 0 aromatic heterocycles. The summed E-state index contributed by atoms with van der Waals surface area (Å²) in [6.07, 6.45) is -1.35. The van der Waals surface area contributed by atoms with Gasteiger partial charge in [-0.1, -0.05) is 13.5 Å². The van der Waals surface area contributed by atoms with Crippen LogP contribution in [0.3, 0.4) is 0 Å². The normalized spacial score (nSPS) is 10.8. The SMILES string of the molecule is C=C(CNCCC)COCC(F)F. The van der Waals surface area contributed by atoms with Crippen LogP contribution in [0.1, 0.15) is 13.3 Å². The number of hydrogen-bond acceptors (Lipinski definition) is 2. The molecule has 0 bridgehead atoms. The molecule has 0 aromatic rings. The van der Waals surface area contributed by atoms with Gasteiger partial charge in [0.1, 0.15) is 6.61 Å². The second-order valence-corrected chi connectivity index (χ2v) is 2.83. The van der Waals surface area contributed by atoms with Crippen molar-refractivity contribution in [2.45, 2.75) is 19.8 Å². The predicted octanol–water partition coefficient (Wildman–Crippen LogP) is 1.82. The molecule has 2 nitrogen and oxygen atoms in total. The molecule has 0 fully saturated rings. The van der Waals surface area contributed by atoms with Crippen molar-refractivity contribution in [2.24, 2.45) is 0 Å². The minimum atomic E-state index is -2.39. The van der Waals surface area contributed by atoms with Crippen LogP contribution in [0, 0.1) is 0 Å². The van der Waals surface area contributed by atoms with E-state index in [1.165, 1.54) is 0 Å². The summed E-state index contributed by atoms with van der Waals surface area (Å²) in [6, 6.07) is 0. The summed E-state index contributed by atoms with van der Waals surface area (Å²) >= 11 is 0. The van der Waals surface area contributed by atoms with Gasteiger partial charge in [-0.15, -0.1) is 0 Å². The lowest BCUT2D eigenvalue weighted by Gasteiger charge is -2.07.